The molecule has 0 atom stereocenters. The zero-order valence-corrected chi connectivity index (χ0v) is 16.7. The Kier molecular flexibility index (Phi) is 6.03. The van der Waals surface area contributed by atoms with E-state index < -0.39 is 0 Å². The quantitative estimate of drug-likeness (QED) is 0.832. The fourth-order valence-electron chi connectivity index (χ4n) is 3.91. The number of nitrogens with zero attached hydrogens (tertiary/aromatic N) is 4. The Morgan fingerprint density at radius 3 is 1.68 bits per heavy atom. The summed E-state index contributed by atoms with van der Waals surface area (Å²) in [5, 5.41) is 0. The van der Waals surface area contributed by atoms with Crippen molar-refractivity contribution in [3.63, 3.8) is 0 Å². The average Bonchev–Trinajstić information content (AvgIpc) is 2.61. The summed E-state index contributed by atoms with van der Waals surface area (Å²) in [5.74, 6) is 0. The molecule has 3 rings (SSSR count). The van der Waals surface area contributed by atoms with Crippen LogP contribution in [0.2, 0.25) is 0 Å². The number of benzene rings is 1. The highest BCUT2D eigenvalue weighted by molar-refractivity contribution is 5.47. The summed E-state index contributed by atoms with van der Waals surface area (Å²) in [5.41, 5.74) is 3.04. The minimum atomic E-state index is 0.318. The van der Waals surface area contributed by atoms with Gasteiger partial charge in [0.25, 0.3) is 0 Å². The molecule has 0 spiro atoms. The van der Waals surface area contributed by atoms with Gasteiger partial charge in [-0.1, -0.05) is 17.7 Å². The molecule has 1 aromatic carbocycles. The van der Waals surface area contributed by atoms with Crippen LogP contribution < -0.4 is 4.90 Å². The van der Waals surface area contributed by atoms with Crippen LogP contribution in [-0.2, 0) is 0 Å². The maximum Gasteiger partial charge on any atom is 0.0367 e. The van der Waals surface area contributed by atoms with Crippen LogP contribution in [0.15, 0.2) is 24.3 Å². The molecule has 0 bridgehead atoms. The van der Waals surface area contributed by atoms with Gasteiger partial charge in [0.05, 0.1) is 0 Å². The molecule has 2 saturated heterocycles. The second-order valence-corrected chi connectivity index (χ2v) is 8.66. The van der Waals surface area contributed by atoms with Crippen LogP contribution >= 0.6 is 0 Å². The number of anilines is 1. The Labute approximate surface area is 154 Å². The van der Waals surface area contributed by atoms with Gasteiger partial charge >= 0.3 is 0 Å². The Morgan fingerprint density at radius 2 is 1.20 bits per heavy atom. The van der Waals surface area contributed by atoms with Crippen molar-refractivity contribution in [2.45, 2.75) is 33.2 Å². The molecular formula is C21H36N4. The van der Waals surface area contributed by atoms with Crippen LogP contribution in [0.3, 0.4) is 0 Å². The van der Waals surface area contributed by atoms with E-state index in [1.165, 1.54) is 63.6 Å². The van der Waals surface area contributed by atoms with E-state index in [0.717, 1.165) is 13.1 Å². The third-order valence-electron chi connectivity index (χ3n) is 5.82. The van der Waals surface area contributed by atoms with E-state index in [2.05, 4.69) is 71.6 Å². The summed E-state index contributed by atoms with van der Waals surface area (Å²) in [4.78, 5) is 10.4. The molecule has 0 unspecified atom stereocenters. The number of rotatable bonds is 4. The zero-order chi connectivity index (χ0) is 17.9. The first-order valence-electron chi connectivity index (χ1n) is 9.93. The highest BCUT2D eigenvalue weighted by atomic mass is 15.3. The van der Waals surface area contributed by atoms with Gasteiger partial charge in [-0.2, -0.15) is 0 Å². The third kappa shape index (κ3) is 5.19. The van der Waals surface area contributed by atoms with Crippen LogP contribution in [0, 0.1) is 6.92 Å². The molecule has 0 aliphatic carbocycles. The predicted molar refractivity (Wildman–Crippen MR) is 108 cm³/mol. The normalized spacial score (nSPS) is 21.7. The van der Waals surface area contributed by atoms with Gasteiger partial charge in [0, 0.05) is 76.7 Å². The molecule has 2 heterocycles. The topological polar surface area (TPSA) is 13.0 Å². The molecule has 0 N–H and O–H groups in total. The van der Waals surface area contributed by atoms with Crippen molar-refractivity contribution in [1.82, 2.24) is 14.7 Å². The molecule has 0 amide bonds. The van der Waals surface area contributed by atoms with Crippen molar-refractivity contribution in [1.29, 1.82) is 0 Å². The van der Waals surface area contributed by atoms with Crippen LogP contribution in [0.1, 0.15) is 26.3 Å². The highest BCUT2D eigenvalue weighted by Crippen LogP contribution is 2.18. The molecule has 4 heteroatoms. The third-order valence-corrected chi connectivity index (χ3v) is 5.82. The van der Waals surface area contributed by atoms with Crippen molar-refractivity contribution in [3.8, 4) is 0 Å². The van der Waals surface area contributed by atoms with Crippen molar-refractivity contribution in [2.24, 2.45) is 0 Å². The molecule has 140 valence electrons. The lowest BCUT2D eigenvalue weighted by atomic mass is 10.1. The van der Waals surface area contributed by atoms with E-state index in [-0.39, 0.29) is 0 Å². The van der Waals surface area contributed by atoms with Gasteiger partial charge in [-0.05, 0) is 39.8 Å². The first-order chi connectivity index (χ1) is 11.9. The van der Waals surface area contributed by atoms with Crippen molar-refractivity contribution < 1.29 is 0 Å². The smallest absolute Gasteiger partial charge is 0.0367 e. The van der Waals surface area contributed by atoms with Crippen molar-refractivity contribution >= 4 is 5.69 Å². The standard InChI is InChI=1S/C21H36N4/c1-19-5-7-20(8-6-19)24-15-11-22(12-16-24)9-10-23-13-17-25(18-14-23)21(2,3)4/h5-8H,9-18H2,1-4H3. The second kappa shape index (κ2) is 8.07. The Bertz CT molecular complexity index is 518. The molecule has 0 aromatic heterocycles. The van der Waals surface area contributed by atoms with Crippen molar-refractivity contribution in [3.05, 3.63) is 29.8 Å². The predicted octanol–water partition coefficient (Wildman–Crippen LogP) is 2.53. The lowest BCUT2D eigenvalue weighted by Gasteiger charge is -2.43. The van der Waals surface area contributed by atoms with Crippen LogP contribution in [-0.4, -0.2) is 85.7 Å². The molecule has 2 aliphatic rings. The van der Waals surface area contributed by atoms with Gasteiger partial charge in [-0.25, -0.2) is 0 Å². The fraction of sp³-hybridized carbons (Fsp3) is 0.714. The van der Waals surface area contributed by atoms with E-state index in [1.54, 1.807) is 0 Å². The van der Waals surface area contributed by atoms with Gasteiger partial charge in [-0.15, -0.1) is 0 Å². The summed E-state index contributed by atoms with van der Waals surface area (Å²) >= 11 is 0. The largest absolute Gasteiger partial charge is 0.369 e. The molecule has 0 saturated carbocycles. The summed E-state index contributed by atoms with van der Waals surface area (Å²) in [6, 6.07) is 8.97. The molecule has 4 nitrogen and oxygen atoms in total. The lowest BCUT2D eigenvalue weighted by Crippen LogP contribution is -2.55. The SMILES string of the molecule is Cc1ccc(N2CCN(CCN3CCN(C(C)(C)C)CC3)CC2)cc1. The second-order valence-electron chi connectivity index (χ2n) is 8.66. The molecule has 1 aromatic rings. The average molecular weight is 345 g/mol. The Morgan fingerprint density at radius 1 is 0.720 bits per heavy atom. The Balaban J connectivity index is 1.36. The molecule has 2 fully saturated rings. The molecule has 0 radical (unpaired) electrons. The zero-order valence-electron chi connectivity index (χ0n) is 16.7. The first-order valence-corrected chi connectivity index (χ1v) is 9.93. The monoisotopic (exact) mass is 344 g/mol. The number of hydrogen-bond donors (Lipinski definition) is 0. The van der Waals surface area contributed by atoms with Gasteiger partial charge in [0.2, 0.25) is 0 Å². The van der Waals surface area contributed by atoms with E-state index in [1.807, 2.05) is 0 Å². The van der Waals surface area contributed by atoms with Gasteiger partial charge in [-0.3, -0.25) is 14.7 Å². The van der Waals surface area contributed by atoms with Crippen LogP contribution in [0.5, 0.6) is 0 Å². The minimum absolute atomic E-state index is 0.318. The Hall–Kier alpha value is -1.10. The van der Waals surface area contributed by atoms with Crippen LogP contribution in [0.25, 0.3) is 0 Å². The van der Waals surface area contributed by atoms with E-state index >= 15 is 0 Å². The van der Waals surface area contributed by atoms with Gasteiger partial charge in [0.15, 0.2) is 0 Å². The maximum absolute atomic E-state index is 2.65. The first kappa shape index (κ1) is 18.7. The van der Waals surface area contributed by atoms with E-state index in [4.69, 9.17) is 0 Å². The summed E-state index contributed by atoms with van der Waals surface area (Å²) in [6.45, 7) is 21.1. The number of piperazine rings is 2. The molecular weight excluding hydrogens is 308 g/mol. The molecule has 25 heavy (non-hydrogen) atoms. The van der Waals surface area contributed by atoms with Gasteiger partial charge < -0.3 is 4.90 Å². The van der Waals surface area contributed by atoms with Crippen LogP contribution in [0.4, 0.5) is 5.69 Å². The minimum Gasteiger partial charge on any atom is -0.369 e. The lowest BCUT2D eigenvalue weighted by molar-refractivity contribution is 0.0571. The molecule has 2 aliphatic heterocycles. The van der Waals surface area contributed by atoms with Crippen molar-refractivity contribution in [2.75, 3.05) is 70.3 Å². The number of aryl methyl sites for hydroxylation is 1. The van der Waals surface area contributed by atoms with E-state index in [0.29, 0.717) is 5.54 Å². The van der Waals surface area contributed by atoms with Gasteiger partial charge in [0.1, 0.15) is 0 Å². The summed E-state index contributed by atoms with van der Waals surface area (Å²) < 4.78 is 0. The summed E-state index contributed by atoms with van der Waals surface area (Å²) in [6.07, 6.45) is 0. The maximum atomic E-state index is 2.65. The highest BCUT2D eigenvalue weighted by Gasteiger charge is 2.26. The summed E-state index contributed by atoms with van der Waals surface area (Å²) in [7, 11) is 0. The fourth-order valence-corrected chi connectivity index (χ4v) is 3.91. The number of hydrogen-bond acceptors (Lipinski definition) is 4. The van der Waals surface area contributed by atoms with E-state index in [9.17, 15) is 0 Å².